The van der Waals surface area contributed by atoms with E-state index in [1.165, 1.54) is 43.2 Å². The molecule has 0 radical (unpaired) electrons. The summed E-state index contributed by atoms with van der Waals surface area (Å²) >= 11 is 0. The molecule has 0 saturated heterocycles. The van der Waals surface area contributed by atoms with Gasteiger partial charge in [0.25, 0.3) is 0 Å². The molecule has 1 N–H and O–H groups in total. The molecule has 1 atom stereocenters. The van der Waals surface area contributed by atoms with Crippen molar-refractivity contribution in [3.05, 3.63) is 23.3 Å². The molecule has 2 aliphatic rings. The summed E-state index contributed by atoms with van der Waals surface area (Å²) < 4.78 is 11.1. The van der Waals surface area contributed by atoms with Crippen molar-refractivity contribution < 1.29 is 9.47 Å². The average molecular weight is 303 g/mol. The van der Waals surface area contributed by atoms with E-state index in [2.05, 4.69) is 31.3 Å². The molecule has 1 saturated carbocycles. The quantitative estimate of drug-likeness (QED) is 0.904. The fourth-order valence-corrected chi connectivity index (χ4v) is 4.35. The van der Waals surface area contributed by atoms with Crippen molar-refractivity contribution in [3.8, 4) is 11.5 Å². The standard InChI is InChI=1S/C19H29NO2/c1-13(2)9-16-14-10-17(21-3)18(22-4)11-15(14)19(12-20-16)7-5-6-8-19/h10-11,13,16,20H,5-9,12H2,1-4H3. The SMILES string of the molecule is COc1cc2c(cc1OC)C1(CCCC1)CNC2CC(C)C. The first-order valence-electron chi connectivity index (χ1n) is 8.59. The molecule has 1 unspecified atom stereocenters. The Labute approximate surface area is 134 Å². The Hall–Kier alpha value is -1.22. The van der Waals surface area contributed by atoms with Crippen LogP contribution in [0.25, 0.3) is 0 Å². The molecule has 3 rings (SSSR count). The van der Waals surface area contributed by atoms with Crippen LogP contribution in [0.4, 0.5) is 0 Å². The van der Waals surface area contributed by atoms with Gasteiger partial charge in [0, 0.05) is 18.0 Å². The van der Waals surface area contributed by atoms with Gasteiger partial charge in [-0.25, -0.2) is 0 Å². The Morgan fingerprint density at radius 2 is 1.77 bits per heavy atom. The number of nitrogens with one attached hydrogen (secondary N) is 1. The van der Waals surface area contributed by atoms with E-state index in [4.69, 9.17) is 9.47 Å². The molecule has 3 nitrogen and oxygen atoms in total. The Balaban J connectivity index is 2.09. The fraction of sp³-hybridized carbons (Fsp3) is 0.684. The molecule has 1 spiro atoms. The lowest BCUT2D eigenvalue weighted by atomic mass is 9.71. The summed E-state index contributed by atoms with van der Waals surface area (Å²) in [7, 11) is 3.46. The monoisotopic (exact) mass is 303 g/mol. The van der Waals surface area contributed by atoms with E-state index in [-0.39, 0.29) is 0 Å². The lowest BCUT2D eigenvalue weighted by molar-refractivity contribution is 0.305. The molecule has 3 heteroatoms. The second kappa shape index (κ2) is 6.11. The zero-order valence-electron chi connectivity index (χ0n) is 14.4. The Bertz CT molecular complexity index is 532. The van der Waals surface area contributed by atoms with Crippen LogP contribution in [-0.2, 0) is 5.41 Å². The summed E-state index contributed by atoms with van der Waals surface area (Å²) in [6.07, 6.45) is 6.42. The van der Waals surface area contributed by atoms with Crippen molar-refractivity contribution in [1.29, 1.82) is 0 Å². The molecule has 122 valence electrons. The minimum absolute atomic E-state index is 0.308. The smallest absolute Gasteiger partial charge is 0.161 e. The van der Waals surface area contributed by atoms with Crippen molar-refractivity contribution in [1.82, 2.24) is 5.32 Å². The molecule has 1 aromatic rings. The van der Waals surface area contributed by atoms with Crippen LogP contribution in [0.5, 0.6) is 11.5 Å². The lowest BCUT2D eigenvalue weighted by Crippen LogP contribution is -2.44. The number of methoxy groups -OCH3 is 2. The third-order valence-corrected chi connectivity index (χ3v) is 5.46. The lowest BCUT2D eigenvalue weighted by Gasteiger charge is -2.41. The maximum Gasteiger partial charge on any atom is 0.161 e. The Morgan fingerprint density at radius 3 is 2.36 bits per heavy atom. The van der Waals surface area contributed by atoms with Gasteiger partial charge in [-0.1, -0.05) is 26.7 Å². The summed E-state index contributed by atoms with van der Waals surface area (Å²) in [5.41, 5.74) is 3.24. The van der Waals surface area contributed by atoms with Crippen molar-refractivity contribution in [2.24, 2.45) is 5.92 Å². The average Bonchev–Trinajstić information content (AvgIpc) is 2.98. The third-order valence-electron chi connectivity index (χ3n) is 5.46. The number of fused-ring (bicyclic) bond motifs is 2. The van der Waals surface area contributed by atoms with E-state index in [1.54, 1.807) is 14.2 Å². The molecule has 1 aliphatic carbocycles. The van der Waals surface area contributed by atoms with Gasteiger partial charge >= 0.3 is 0 Å². The topological polar surface area (TPSA) is 30.5 Å². The molecular formula is C19H29NO2. The van der Waals surface area contributed by atoms with E-state index in [0.717, 1.165) is 18.0 Å². The van der Waals surface area contributed by atoms with E-state index in [0.29, 0.717) is 17.4 Å². The predicted molar refractivity (Wildman–Crippen MR) is 89.9 cm³/mol. The molecule has 0 aromatic heterocycles. The maximum absolute atomic E-state index is 5.58. The first kappa shape index (κ1) is 15.7. The normalized spacial score (nSPS) is 22.9. The first-order valence-corrected chi connectivity index (χ1v) is 8.59. The molecule has 22 heavy (non-hydrogen) atoms. The minimum atomic E-state index is 0.308. The highest BCUT2D eigenvalue weighted by molar-refractivity contribution is 5.52. The zero-order valence-corrected chi connectivity index (χ0v) is 14.4. The number of hydrogen-bond donors (Lipinski definition) is 1. The van der Waals surface area contributed by atoms with Crippen LogP contribution in [-0.4, -0.2) is 20.8 Å². The van der Waals surface area contributed by atoms with Crippen LogP contribution in [0.3, 0.4) is 0 Å². The number of ether oxygens (including phenoxy) is 2. The second-order valence-electron chi connectivity index (χ2n) is 7.34. The molecule has 1 aromatic carbocycles. The highest BCUT2D eigenvalue weighted by Crippen LogP contribution is 2.49. The number of benzene rings is 1. The van der Waals surface area contributed by atoms with Crippen LogP contribution in [0.15, 0.2) is 12.1 Å². The minimum Gasteiger partial charge on any atom is -0.493 e. The van der Waals surface area contributed by atoms with Gasteiger partial charge in [0.1, 0.15) is 0 Å². The van der Waals surface area contributed by atoms with E-state index < -0.39 is 0 Å². The summed E-state index contributed by atoms with van der Waals surface area (Å²) in [5, 5.41) is 3.83. The second-order valence-corrected chi connectivity index (χ2v) is 7.34. The van der Waals surface area contributed by atoms with Gasteiger partial charge < -0.3 is 14.8 Å². The number of rotatable bonds is 4. The van der Waals surface area contributed by atoms with Gasteiger partial charge in [-0.15, -0.1) is 0 Å². The highest BCUT2D eigenvalue weighted by Gasteiger charge is 2.42. The molecule has 0 bridgehead atoms. The predicted octanol–water partition coefficient (Wildman–Crippen LogP) is 4.21. The zero-order chi connectivity index (χ0) is 15.7. The molecular weight excluding hydrogens is 274 g/mol. The maximum atomic E-state index is 5.58. The summed E-state index contributed by atoms with van der Waals surface area (Å²) in [4.78, 5) is 0. The van der Waals surface area contributed by atoms with E-state index in [1.807, 2.05) is 0 Å². The van der Waals surface area contributed by atoms with Crippen LogP contribution >= 0.6 is 0 Å². The van der Waals surface area contributed by atoms with Crippen LogP contribution in [0.2, 0.25) is 0 Å². The highest BCUT2D eigenvalue weighted by atomic mass is 16.5. The first-order chi connectivity index (χ1) is 10.6. The summed E-state index contributed by atoms with van der Waals surface area (Å²) in [6.45, 7) is 5.69. The van der Waals surface area contributed by atoms with Gasteiger partial charge in [0.2, 0.25) is 0 Å². The Kier molecular flexibility index (Phi) is 4.35. The van der Waals surface area contributed by atoms with Crippen molar-refractivity contribution in [2.45, 2.75) is 57.4 Å². The number of hydrogen-bond acceptors (Lipinski definition) is 3. The molecule has 1 aliphatic heterocycles. The van der Waals surface area contributed by atoms with Crippen LogP contribution in [0.1, 0.15) is 63.1 Å². The molecule has 0 amide bonds. The molecule has 1 fully saturated rings. The van der Waals surface area contributed by atoms with E-state index in [9.17, 15) is 0 Å². The van der Waals surface area contributed by atoms with Crippen LogP contribution in [0, 0.1) is 5.92 Å². The van der Waals surface area contributed by atoms with Gasteiger partial charge in [0.15, 0.2) is 11.5 Å². The van der Waals surface area contributed by atoms with Gasteiger partial charge in [-0.05, 0) is 48.4 Å². The van der Waals surface area contributed by atoms with Gasteiger partial charge in [-0.3, -0.25) is 0 Å². The largest absolute Gasteiger partial charge is 0.493 e. The van der Waals surface area contributed by atoms with E-state index >= 15 is 0 Å². The van der Waals surface area contributed by atoms with Crippen LogP contribution < -0.4 is 14.8 Å². The summed E-state index contributed by atoms with van der Waals surface area (Å²) in [5.74, 6) is 2.40. The van der Waals surface area contributed by atoms with Crippen molar-refractivity contribution >= 4 is 0 Å². The Morgan fingerprint density at radius 1 is 1.14 bits per heavy atom. The van der Waals surface area contributed by atoms with Gasteiger partial charge in [0.05, 0.1) is 14.2 Å². The van der Waals surface area contributed by atoms with Crippen molar-refractivity contribution in [3.63, 3.8) is 0 Å². The fourth-order valence-electron chi connectivity index (χ4n) is 4.35. The van der Waals surface area contributed by atoms with Gasteiger partial charge in [-0.2, -0.15) is 0 Å². The van der Waals surface area contributed by atoms with Crippen molar-refractivity contribution in [2.75, 3.05) is 20.8 Å². The molecule has 1 heterocycles. The third kappa shape index (κ3) is 2.60. The summed E-state index contributed by atoms with van der Waals surface area (Å²) in [6, 6.07) is 4.90.